The lowest BCUT2D eigenvalue weighted by Gasteiger charge is -1.95. The lowest BCUT2D eigenvalue weighted by molar-refractivity contribution is -0.111. The molecule has 0 N–H and O–H groups in total. The fourth-order valence-corrected chi connectivity index (χ4v) is 1.02. The SMILES string of the molecule is Cc1ccc(CC(=O)Cl)cc1. The van der Waals surface area contributed by atoms with Gasteiger partial charge < -0.3 is 0 Å². The third kappa shape index (κ3) is 2.72. The molecule has 0 radical (unpaired) electrons. The summed E-state index contributed by atoms with van der Waals surface area (Å²) in [6, 6.07) is 7.76. The first-order valence-corrected chi connectivity index (χ1v) is 3.80. The Bertz CT molecular complexity index is 251. The number of aryl methyl sites for hydroxylation is 1. The molecule has 0 fully saturated rings. The molecule has 11 heavy (non-hydrogen) atoms. The van der Waals surface area contributed by atoms with Gasteiger partial charge in [0.05, 0.1) is 0 Å². The molecule has 1 rings (SSSR count). The molecule has 0 aliphatic rings. The Morgan fingerprint density at radius 2 is 1.91 bits per heavy atom. The van der Waals surface area contributed by atoms with Crippen LogP contribution in [0.4, 0.5) is 0 Å². The molecule has 0 aliphatic heterocycles. The van der Waals surface area contributed by atoms with Crippen molar-refractivity contribution >= 4 is 16.8 Å². The first kappa shape index (κ1) is 8.28. The molecule has 0 saturated carbocycles. The largest absolute Gasteiger partial charge is 0.281 e. The second-order valence-electron chi connectivity index (χ2n) is 2.52. The maximum atomic E-state index is 10.5. The summed E-state index contributed by atoms with van der Waals surface area (Å²) >= 11 is 5.21. The number of rotatable bonds is 2. The first-order chi connectivity index (χ1) is 5.18. The van der Waals surface area contributed by atoms with Crippen LogP contribution in [0.2, 0.25) is 0 Å². The molecule has 0 saturated heterocycles. The predicted octanol–water partition coefficient (Wildman–Crippen LogP) is 2.30. The van der Waals surface area contributed by atoms with Crippen LogP contribution < -0.4 is 0 Å². The van der Waals surface area contributed by atoms with Crippen LogP contribution in [0.1, 0.15) is 11.1 Å². The molecule has 58 valence electrons. The molecule has 0 atom stereocenters. The fraction of sp³-hybridized carbons (Fsp3) is 0.222. The Morgan fingerprint density at radius 1 is 1.36 bits per heavy atom. The van der Waals surface area contributed by atoms with Gasteiger partial charge in [-0.2, -0.15) is 0 Å². The van der Waals surface area contributed by atoms with Crippen molar-refractivity contribution in [2.45, 2.75) is 13.3 Å². The van der Waals surface area contributed by atoms with Crippen molar-refractivity contribution < 1.29 is 4.79 Å². The van der Waals surface area contributed by atoms with Crippen LogP contribution in [0, 0.1) is 6.92 Å². The molecule has 1 aromatic rings. The van der Waals surface area contributed by atoms with Crippen LogP contribution in [0.15, 0.2) is 24.3 Å². The minimum absolute atomic E-state index is 0.311. The molecule has 0 bridgehead atoms. The van der Waals surface area contributed by atoms with Gasteiger partial charge in [0, 0.05) is 6.42 Å². The van der Waals surface area contributed by atoms with Crippen molar-refractivity contribution in [3.8, 4) is 0 Å². The van der Waals surface area contributed by atoms with Crippen molar-refractivity contribution in [2.24, 2.45) is 0 Å². The molecule has 0 aromatic heterocycles. The van der Waals surface area contributed by atoms with Gasteiger partial charge in [-0.1, -0.05) is 29.8 Å². The molecule has 0 aliphatic carbocycles. The van der Waals surface area contributed by atoms with Crippen molar-refractivity contribution in [3.05, 3.63) is 35.4 Å². The molecule has 1 nitrogen and oxygen atoms in total. The number of carbonyl (C=O) groups excluding carboxylic acids is 1. The number of hydrogen-bond acceptors (Lipinski definition) is 1. The highest BCUT2D eigenvalue weighted by molar-refractivity contribution is 6.63. The summed E-state index contributed by atoms with van der Waals surface area (Å²) in [7, 11) is 0. The zero-order valence-corrected chi connectivity index (χ0v) is 7.06. The monoisotopic (exact) mass is 168 g/mol. The quantitative estimate of drug-likeness (QED) is 0.620. The van der Waals surface area contributed by atoms with E-state index in [-0.39, 0.29) is 5.24 Å². The standard InChI is InChI=1S/C9H9ClO/c1-7-2-4-8(5-3-7)6-9(10)11/h2-5H,6H2,1H3. The predicted molar refractivity (Wildman–Crippen MR) is 45.7 cm³/mol. The van der Waals surface area contributed by atoms with Gasteiger partial charge in [0.25, 0.3) is 0 Å². The van der Waals surface area contributed by atoms with E-state index in [2.05, 4.69) is 0 Å². The summed E-state index contributed by atoms with van der Waals surface area (Å²) in [4.78, 5) is 10.5. The van der Waals surface area contributed by atoms with Crippen LogP contribution >= 0.6 is 11.6 Å². The molecule has 0 unspecified atom stereocenters. The summed E-state index contributed by atoms with van der Waals surface area (Å²) in [5, 5.41) is -0.311. The zero-order chi connectivity index (χ0) is 8.27. The van der Waals surface area contributed by atoms with E-state index in [4.69, 9.17) is 11.6 Å². The number of carbonyl (C=O) groups is 1. The van der Waals surface area contributed by atoms with Crippen LogP contribution in [0.25, 0.3) is 0 Å². The first-order valence-electron chi connectivity index (χ1n) is 3.42. The van der Waals surface area contributed by atoms with Crippen LogP contribution in [0.3, 0.4) is 0 Å². The van der Waals surface area contributed by atoms with Crippen LogP contribution in [-0.2, 0) is 11.2 Å². The van der Waals surface area contributed by atoms with E-state index >= 15 is 0 Å². The van der Waals surface area contributed by atoms with E-state index in [0.717, 1.165) is 5.56 Å². The molecule has 2 heteroatoms. The van der Waals surface area contributed by atoms with E-state index < -0.39 is 0 Å². The summed E-state index contributed by atoms with van der Waals surface area (Å²) in [5.41, 5.74) is 2.16. The van der Waals surface area contributed by atoms with Crippen molar-refractivity contribution in [2.75, 3.05) is 0 Å². The molecule has 0 spiro atoms. The minimum Gasteiger partial charge on any atom is -0.281 e. The smallest absolute Gasteiger partial charge is 0.226 e. The molecule has 1 aromatic carbocycles. The van der Waals surface area contributed by atoms with Gasteiger partial charge in [-0.05, 0) is 24.1 Å². The fourth-order valence-electron chi connectivity index (χ4n) is 0.866. The van der Waals surface area contributed by atoms with Crippen LogP contribution in [0.5, 0.6) is 0 Å². The van der Waals surface area contributed by atoms with Gasteiger partial charge in [0.15, 0.2) is 0 Å². The number of hydrogen-bond donors (Lipinski definition) is 0. The van der Waals surface area contributed by atoms with E-state index in [1.165, 1.54) is 5.56 Å². The van der Waals surface area contributed by atoms with Gasteiger partial charge >= 0.3 is 0 Å². The third-order valence-electron chi connectivity index (χ3n) is 1.46. The Kier molecular flexibility index (Phi) is 2.66. The Labute approximate surface area is 71.0 Å². The normalized spacial score (nSPS) is 9.64. The van der Waals surface area contributed by atoms with E-state index in [1.807, 2.05) is 31.2 Å². The lowest BCUT2D eigenvalue weighted by Crippen LogP contribution is -1.92. The minimum atomic E-state index is -0.311. The van der Waals surface area contributed by atoms with E-state index in [0.29, 0.717) is 6.42 Å². The van der Waals surface area contributed by atoms with Crippen molar-refractivity contribution in [1.29, 1.82) is 0 Å². The topological polar surface area (TPSA) is 17.1 Å². The Hall–Kier alpha value is -0.820. The van der Waals surface area contributed by atoms with E-state index in [9.17, 15) is 4.79 Å². The highest BCUT2D eigenvalue weighted by Crippen LogP contribution is 2.04. The summed E-state index contributed by atoms with van der Waals surface area (Å²) in [6.07, 6.45) is 0.321. The molecular formula is C9H9ClO. The van der Waals surface area contributed by atoms with Gasteiger partial charge in [-0.25, -0.2) is 0 Å². The Morgan fingerprint density at radius 3 is 2.36 bits per heavy atom. The van der Waals surface area contributed by atoms with E-state index in [1.54, 1.807) is 0 Å². The average molecular weight is 169 g/mol. The molecule has 0 heterocycles. The lowest BCUT2D eigenvalue weighted by atomic mass is 10.1. The van der Waals surface area contributed by atoms with Crippen molar-refractivity contribution in [1.82, 2.24) is 0 Å². The van der Waals surface area contributed by atoms with Gasteiger partial charge in [0.1, 0.15) is 0 Å². The zero-order valence-electron chi connectivity index (χ0n) is 6.30. The maximum Gasteiger partial charge on any atom is 0.226 e. The summed E-state index contributed by atoms with van der Waals surface area (Å²) in [5.74, 6) is 0. The average Bonchev–Trinajstić information content (AvgIpc) is 1.93. The molecular weight excluding hydrogens is 160 g/mol. The summed E-state index contributed by atoms with van der Waals surface area (Å²) in [6.45, 7) is 2.01. The van der Waals surface area contributed by atoms with Crippen molar-refractivity contribution in [3.63, 3.8) is 0 Å². The van der Waals surface area contributed by atoms with Crippen LogP contribution in [-0.4, -0.2) is 5.24 Å². The second-order valence-corrected chi connectivity index (χ2v) is 2.94. The second kappa shape index (κ2) is 3.54. The highest BCUT2D eigenvalue weighted by Gasteiger charge is 1.97. The van der Waals surface area contributed by atoms with Gasteiger partial charge in [-0.3, -0.25) is 4.79 Å². The maximum absolute atomic E-state index is 10.5. The van der Waals surface area contributed by atoms with Gasteiger partial charge in [0.2, 0.25) is 5.24 Å². The molecule has 0 amide bonds. The third-order valence-corrected chi connectivity index (χ3v) is 1.60. The number of halogens is 1. The Balaban J connectivity index is 2.74. The van der Waals surface area contributed by atoms with Gasteiger partial charge in [-0.15, -0.1) is 0 Å². The highest BCUT2D eigenvalue weighted by atomic mass is 35.5. The number of benzene rings is 1. The summed E-state index contributed by atoms with van der Waals surface area (Å²) < 4.78 is 0.